The number of nitrogens with two attached hydrogens (primary N) is 1. The molecule has 0 atom stereocenters. The van der Waals surface area contributed by atoms with Crippen LogP contribution in [-0.2, 0) is 23.1 Å². The van der Waals surface area contributed by atoms with Crippen molar-refractivity contribution in [1.29, 1.82) is 0 Å². The molecular weight excluding hydrogens is 366 g/mol. The van der Waals surface area contributed by atoms with Gasteiger partial charge in [-0.15, -0.1) is 11.3 Å². The van der Waals surface area contributed by atoms with E-state index in [0.717, 1.165) is 10.6 Å². The first-order valence-electron chi connectivity index (χ1n) is 5.70. The molecule has 2 rings (SSSR count). The van der Waals surface area contributed by atoms with Crippen LogP contribution in [-0.4, -0.2) is 24.8 Å². The minimum Gasteiger partial charge on any atom is -0.452 e. The summed E-state index contributed by atoms with van der Waals surface area (Å²) in [6.45, 7) is 2.27. The lowest BCUT2D eigenvalue weighted by atomic mass is 10.4. The number of thiazole rings is 1. The van der Waals surface area contributed by atoms with Gasteiger partial charge in [0.15, 0.2) is 4.67 Å². The summed E-state index contributed by atoms with van der Waals surface area (Å²) < 4.78 is 31.7. The number of nitrogens with zero attached hydrogens (tertiary/aromatic N) is 2. The number of sulfonamides is 1. The highest BCUT2D eigenvalue weighted by atomic mass is 79.9. The second-order valence-electron chi connectivity index (χ2n) is 4.18. The van der Waals surface area contributed by atoms with E-state index < -0.39 is 10.0 Å². The SMILES string of the molecule is Cc1ncsc1CN(C)S(=O)(=O)c1cc(CN)oc1Br. The molecule has 0 saturated heterocycles. The van der Waals surface area contributed by atoms with Gasteiger partial charge in [0.25, 0.3) is 0 Å². The molecule has 0 aliphatic heterocycles. The first-order valence-corrected chi connectivity index (χ1v) is 8.81. The van der Waals surface area contributed by atoms with Crippen LogP contribution < -0.4 is 5.73 Å². The van der Waals surface area contributed by atoms with Gasteiger partial charge in [0.2, 0.25) is 10.0 Å². The molecule has 2 heterocycles. The smallest absolute Gasteiger partial charge is 0.247 e. The summed E-state index contributed by atoms with van der Waals surface area (Å²) in [4.78, 5) is 5.11. The summed E-state index contributed by atoms with van der Waals surface area (Å²) in [5, 5.41) is 0. The van der Waals surface area contributed by atoms with E-state index in [9.17, 15) is 8.42 Å². The molecule has 0 bridgehead atoms. The summed E-state index contributed by atoms with van der Waals surface area (Å²) in [6, 6.07) is 1.44. The van der Waals surface area contributed by atoms with Gasteiger partial charge in [0, 0.05) is 24.5 Å². The maximum Gasteiger partial charge on any atom is 0.247 e. The molecule has 2 N–H and O–H groups in total. The topological polar surface area (TPSA) is 89.4 Å². The standard InChI is InChI=1S/C11H14BrN3O3S2/c1-7-9(19-6-14-7)5-15(2)20(16,17)10-3-8(4-13)18-11(10)12/h3,6H,4-5,13H2,1-2H3. The molecule has 20 heavy (non-hydrogen) atoms. The summed E-state index contributed by atoms with van der Waals surface area (Å²) in [7, 11) is -2.11. The summed E-state index contributed by atoms with van der Waals surface area (Å²) in [5.41, 5.74) is 7.99. The first kappa shape index (κ1) is 15.6. The van der Waals surface area contributed by atoms with E-state index in [1.54, 1.807) is 5.51 Å². The number of aryl methyl sites for hydroxylation is 1. The van der Waals surface area contributed by atoms with Gasteiger partial charge in [-0.2, -0.15) is 4.31 Å². The van der Waals surface area contributed by atoms with Crippen molar-refractivity contribution in [2.24, 2.45) is 5.73 Å². The summed E-state index contributed by atoms with van der Waals surface area (Å²) in [5.74, 6) is 0.415. The lowest BCUT2D eigenvalue weighted by molar-refractivity contribution is 0.459. The second-order valence-corrected chi connectivity index (χ2v) is 7.85. The third-order valence-electron chi connectivity index (χ3n) is 2.81. The maximum atomic E-state index is 12.5. The monoisotopic (exact) mass is 379 g/mol. The third kappa shape index (κ3) is 2.96. The Morgan fingerprint density at radius 2 is 2.25 bits per heavy atom. The molecule has 6 nitrogen and oxygen atoms in total. The van der Waals surface area contributed by atoms with Gasteiger partial charge in [-0.1, -0.05) is 0 Å². The lowest BCUT2D eigenvalue weighted by Gasteiger charge is -2.15. The molecule has 0 aliphatic carbocycles. The van der Waals surface area contributed by atoms with Gasteiger partial charge in [0.1, 0.15) is 10.7 Å². The van der Waals surface area contributed by atoms with E-state index >= 15 is 0 Å². The van der Waals surface area contributed by atoms with E-state index in [2.05, 4.69) is 20.9 Å². The highest BCUT2D eigenvalue weighted by Crippen LogP contribution is 2.29. The number of hydrogen-bond acceptors (Lipinski definition) is 6. The Kier molecular flexibility index (Phi) is 4.65. The van der Waals surface area contributed by atoms with Crippen molar-refractivity contribution in [3.63, 3.8) is 0 Å². The van der Waals surface area contributed by atoms with Crippen molar-refractivity contribution in [2.45, 2.75) is 24.9 Å². The summed E-state index contributed by atoms with van der Waals surface area (Å²) >= 11 is 4.55. The molecule has 2 aromatic rings. The van der Waals surface area contributed by atoms with Crippen LogP contribution in [0.1, 0.15) is 16.3 Å². The zero-order valence-corrected chi connectivity index (χ0v) is 14.2. The Morgan fingerprint density at radius 1 is 1.55 bits per heavy atom. The molecule has 0 unspecified atom stereocenters. The van der Waals surface area contributed by atoms with Crippen LogP contribution in [0.4, 0.5) is 0 Å². The average Bonchev–Trinajstić information content (AvgIpc) is 2.96. The molecule has 0 radical (unpaired) electrons. The Morgan fingerprint density at radius 3 is 2.75 bits per heavy atom. The van der Waals surface area contributed by atoms with E-state index in [1.807, 2.05) is 6.92 Å². The van der Waals surface area contributed by atoms with Crippen molar-refractivity contribution in [3.05, 3.63) is 32.6 Å². The summed E-state index contributed by atoms with van der Waals surface area (Å²) in [6.07, 6.45) is 0. The third-order valence-corrected chi connectivity index (χ3v) is 6.39. The molecule has 0 saturated carbocycles. The number of rotatable bonds is 5. The molecule has 0 fully saturated rings. The fourth-order valence-electron chi connectivity index (χ4n) is 1.61. The van der Waals surface area contributed by atoms with Crippen molar-refractivity contribution in [3.8, 4) is 0 Å². The van der Waals surface area contributed by atoms with E-state index in [1.165, 1.54) is 28.8 Å². The molecule has 0 spiro atoms. The number of hydrogen-bond donors (Lipinski definition) is 1. The number of furan rings is 1. The molecule has 0 aliphatic rings. The van der Waals surface area contributed by atoms with Gasteiger partial charge >= 0.3 is 0 Å². The van der Waals surface area contributed by atoms with Crippen LogP contribution in [0.15, 0.2) is 25.6 Å². The zero-order valence-electron chi connectivity index (χ0n) is 11.0. The van der Waals surface area contributed by atoms with Gasteiger partial charge in [0.05, 0.1) is 17.7 Å². The molecule has 0 aromatic carbocycles. The normalized spacial score (nSPS) is 12.2. The predicted molar refractivity (Wildman–Crippen MR) is 79.8 cm³/mol. The van der Waals surface area contributed by atoms with Crippen molar-refractivity contribution >= 4 is 37.3 Å². The van der Waals surface area contributed by atoms with Crippen LogP contribution in [0.2, 0.25) is 0 Å². The second kappa shape index (κ2) is 5.94. The quantitative estimate of drug-likeness (QED) is 0.858. The molecule has 110 valence electrons. The van der Waals surface area contributed by atoms with Crippen LogP contribution in [0.5, 0.6) is 0 Å². The van der Waals surface area contributed by atoms with Crippen LogP contribution in [0.3, 0.4) is 0 Å². The van der Waals surface area contributed by atoms with Crippen molar-refractivity contribution in [1.82, 2.24) is 9.29 Å². The maximum absolute atomic E-state index is 12.5. The van der Waals surface area contributed by atoms with Crippen LogP contribution >= 0.6 is 27.3 Å². The van der Waals surface area contributed by atoms with Gasteiger partial charge in [-0.25, -0.2) is 13.4 Å². The zero-order chi connectivity index (χ0) is 14.9. The Hall–Kier alpha value is -0.740. The largest absolute Gasteiger partial charge is 0.452 e. The van der Waals surface area contributed by atoms with E-state index in [0.29, 0.717) is 5.76 Å². The van der Waals surface area contributed by atoms with Crippen LogP contribution in [0.25, 0.3) is 0 Å². The van der Waals surface area contributed by atoms with Gasteiger partial charge in [-0.3, -0.25) is 0 Å². The Bertz CT molecular complexity index is 708. The van der Waals surface area contributed by atoms with E-state index in [-0.39, 0.29) is 22.7 Å². The molecule has 0 amide bonds. The predicted octanol–water partition coefficient (Wildman–Crippen LogP) is 2.09. The van der Waals surface area contributed by atoms with Crippen LogP contribution in [0, 0.1) is 6.92 Å². The molecule has 9 heteroatoms. The Labute approximate surface area is 129 Å². The average molecular weight is 380 g/mol. The molecule has 2 aromatic heterocycles. The lowest BCUT2D eigenvalue weighted by Crippen LogP contribution is -2.26. The Balaban J connectivity index is 2.29. The highest BCUT2D eigenvalue weighted by molar-refractivity contribution is 9.10. The number of aromatic nitrogens is 1. The fraction of sp³-hybridized carbons (Fsp3) is 0.364. The highest BCUT2D eigenvalue weighted by Gasteiger charge is 2.27. The molecular formula is C11H14BrN3O3S2. The minimum absolute atomic E-state index is 0.0858. The van der Waals surface area contributed by atoms with Crippen molar-refractivity contribution in [2.75, 3.05) is 7.05 Å². The minimum atomic E-state index is -3.64. The van der Waals surface area contributed by atoms with Gasteiger partial charge in [-0.05, 0) is 22.9 Å². The fourth-order valence-corrected chi connectivity index (χ4v) is 4.61. The first-order chi connectivity index (χ1) is 9.36. The van der Waals surface area contributed by atoms with Crippen molar-refractivity contribution < 1.29 is 12.8 Å². The van der Waals surface area contributed by atoms with Gasteiger partial charge < -0.3 is 10.2 Å². The number of halogens is 1. The van der Waals surface area contributed by atoms with E-state index in [4.69, 9.17) is 10.2 Å².